The molecule has 2 N–H and O–H groups in total. The molecule has 1 aromatic carbocycles. The van der Waals surface area contributed by atoms with Gasteiger partial charge in [0.05, 0.1) is 6.54 Å². The van der Waals surface area contributed by atoms with Crippen molar-refractivity contribution in [3.63, 3.8) is 0 Å². The van der Waals surface area contributed by atoms with Gasteiger partial charge in [-0.15, -0.1) is 0 Å². The Labute approximate surface area is 177 Å². The van der Waals surface area contributed by atoms with Crippen LogP contribution in [0.4, 0.5) is 4.79 Å². The van der Waals surface area contributed by atoms with Gasteiger partial charge in [0, 0.05) is 19.6 Å². The summed E-state index contributed by atoms with van der Waals surface area (Å²) >= 11 is 0. The lowest BCUT2D eigenvalue weighted by Gasteiger charge is -2.30. The molecule has 2 heterocycles. The third kappa shape index (κ3) is 4.65. The summed E-state index contributed by atoms with van der Waals surface area (Å²) in [5, 5.41) is 3.72. The third-order valence-corrected chi connectivity index (χ3v) is 6.40. The highest BCUT2D eigenvalue weighted by atomic mass is 16.2. The van der Waals surface area contributed by atoms with Gasteiger partial charge in [0.15, 0.2) is 0 Å². The van der Waals surface area contributed by atoms with Crippen molar-refractivity contribution in [1.29, 1.82) is 0 Å². The number of carbonyl (C=O) groups is 3. The molecular formula is C22H31N5O3. The highest BCUT2D eigenvalue weighted by molar-refractivity contribution is 6.08. The molecule has 1 aromatic rings. The van der Waals surface area contributed by atoms with Gasteiger partial charge in [0.25, 0.3) is 11.8 Å². The SMILES string of the molecule is O=C(CN1CCCN(Cc2ccccc2)CC1)NN1C(=O)NC2(CCCCC2)C1=O. The molecule has 162 valence electrons. The normalized spacial score (nSPS) is 22.7. The summed E-state index contributed by atoms with van der Waals surface area (Å²) in [6, 6.07) is 9.88. The van der Waals surface area contributed by atoms with Gasteiger partial charge in [0.1, 0.15) is 5.54 Å². The van der Waals surface area contributed by atoms with Gasteiger partial charge in [-0.25, -0.2) is 4.79 Å². The Balaban J connectivity index is 1.27. The summed E-state index contributed by atoms with van der Waals surface area (Å²) < 4.78 is 0. The fourth-order valence-electron chi connectivity index (χ4n) is 4.76. The van der Waals surface area contributed by atoms with Crippen LogP contribution >= 0.6 is 0 Å². The van der Waals surface area contributed by atoms with E-state index in [-0.39, 0.29) is 18.4 Å². The summed E-state index contributed by atoms with van der Waals surface area (Å²) in [6.45, 7) is 4.57. The molecule has 3 aliphatic rings. The molecule has 1 aliphatic carbocycles. The van der Waals surface area contributed by atoms with Gasteiger partial charge in [-0.05, 0) is 37.9 Å². The average Bonchev–Trinajstić information content (AvgIpc) is 2.89. The Morgan fingerprint density at radius 2 is 1.63 bits per heavy atom. The number of nitrogens with one attached hydrogen (secondary N) is 2. The predicted octanol–water partition coefficient (Wildman–Crippen LogP) is 1.48. The standard InChI is InChI=1S/C22H31N5O3/c28-19(24-27-20(29)22(23-21(27)30)10-5-2-6-11-22)17-26-13-7-12-25(14-15-26)16-18-8-3-1-4-9-18/h1,3-4,8-9H,2,5-7,10-17H2,(H,23,30)(H,24,28). The molecule has 0 aromatic heterocycles. The molecule has 2 aliphatic heterocycles. The van der Waals surface area contributed by atoms with Crippen LogP contribution in [-0.2, 0) is 16.1 Å². The summed E-state index contributed by atoms with van der Waals surface area (Å²) in [5.41, 5.74) is 3.02. The van der Waals surface area contributed by atoms with Gasteiger partial charge in [-0.3, -0.25) is 24.8 Å². The lowest BCUT2D eigenvalue weighted by molar-refractivity contribution is -0.140. The van der Waals surface area contributed by atoms with Crippen LogP contribution in [0.5, 0.6) is 0 Å². The third-order valence-electron chi connectivity index (χ3n) is 6.40. The second kappa shape index (κ2) is 9.14. The number of imide groups is 1. The van der Waals surface area contributed by atoms with Crippen LogP contribution < -0.4 is 10.7 Å². The molecule has 8 heteroatoms. The molecular weight excluding hydrogens is 382 g/mol. The first kappa shape index (κ1) is 20.8. The Morgan fingerprint density at radius 1 is 0.933 bits per heavy atom. The van der Waals surface area contributed by atoms with Crippen LogP contribution in [0.1, 0.15) is 44.1 Å². The van der Waals surface area contributed by atoms with E-state index in [9.17, 15) is 14.4 Å². The maximum Gasteiger partial charge on any atom is 0.344 e. The van der Waals surface area contributed by atoms with E-state index in [1.165, 1.54) is 5.56 Å². The molecule has 4 rings (SSSR count). The van der Waals surface area contributed by atoms with Gasteiger partial charge in [-0.1, -0.05) is 49.6 Å². The molecule has 1 saturated carbocycles. The zero-order valence-corrected chi connectivity index (χ0v) is 17.4. The summed E-state index contributed by atoms with van der Waals surface area (Å²) in [7, 11) is 0. The summed E-state index contributed by atoms with van der Waals surface area (Å²) in [4.78, 5) is 42.2. The topological polar surface area (TPSA) is 85.0 Å². The molecule has 0 bridgehead atoms. The zero-order chi connectivity index (χ0) is 21.0. The Morgan fingerprint density at radius 3 is 2.40 bits per heavy atom. The summed E-state index contributed by atoms with van der Waals surface area (Å²) in [6.07, 6.45) is 5.18. The van der Waals surface area contributed by atoms with E-state index in [1.54, 1.807) is 0 Å². The van der Waals surface area contributed by atoms with Crippen LogP contribution in [0, 0.1) is 0 Å². The molecule has 8 nitrogen and oxygen atoms in total. The predicted molar refractivity (Wildman–Crippen MR) is 112 cm³/mol. The van der Waals surface area contributed by atoms with Crippen molar-refractivity contribution < 1.29 is 14.4 Å². The quantitative estimate of drug-likeness (QED) is 0.715. The van der Waals surface area contributed by atoms with E-state index < -0.39 is 11.6 Å². The highest BCUT2D eigenvalue weighted by Gasteiger charge is 2.52. The van der Waals surface area contributed by atoms with E-state index in [0.717, 1.165) is 63.4 Å². The lowest BCUT2D eigenvalue weighted by atomic mass is 9.82. The van der Waals surface area contributed by atoms with Crippen molar-refractivity contribution in [1.82, 2.24) is 25.6 Å². The van der Waals surface area contributed by atoms with E-state index in [4.69, 9.17) is 0 Å². The van der Waals surface area contributed by atoms with Gasteiger partial charge in [-0.2, -0.15) is 5.01 Å². The van der Waals surface area contributed by atoms with E-state index in [2.05, 4.69) is 44.8 Å². The van der Waals surface area contributed by atoms with Crippen molar-refractivity contribution in [3.8, 4) is 0 Å². The van der Waals surface area contributed by atoms with Gasteiger partial charge >= 0.3 is 6.03 Å². The molecule has 4 amide bonds. The largest absolute Gasteiger partial charge is 0.344 e. The highest BCUT2D eigenvalue weighted by Crippen LogP contribution is 2.32. The number of hydrogen-bond acceptors (Lipinski definition) is 5. The van der Waals surface area contributed by atoms with E-state index in [0.29, 0.717) is 12.8 Å². The fourth-order valence-corrected chi connectivity index (χ4v) is 4.76. The lowest BCUT2D eigenvalue weighted by Crippen LogP contribution is -2.52. The fraction of sp³-hybridized carbons (Fsp3) is 0.591. The molecule has 3 fully saturated rings. The smallest absolute Gasteiger partial charge is 0.322 e. The second-order valence-corrected chi connectivity index (χ2v) is 8.64. The minimum absolute atomic E-state index is 0.184. The monoisotopic (exact) mass is 413 g/mol. The minimum atomic E-state index is -0.816. The Hall–Kier alpha value is -2.45. The summed E-state index contributed by atoms with van der Waals surface area (Å²) in [5.74, 6) is -0.631. The molecule has 0 atom stereocenters. The van der Waals surface area contributed by atoms with E-state index >= 15 is 0 Å². The number of urea groups is 1. The zero-order valence-electron chi connectivity index (χ0n) is 17.4. The van der Waals surface area contributed by atoms with Crippen LogP contribution in [0.2, 0.25) is 0 Å². The first-order chi connectivity index (χ1) is 14.6. The first-order valence-corrected chi connectivity index (χ1v) is 11.0. The first-order valence-electron chi connectivity index (χ1n) is 11.0. The molecule has 30 heavy (non-hydrogen) atoms. The Kier molecular flexibility index (Phi) is 6.34. The van der Waals surface area contributed by atoms with Crippen LogP contribution in [0.25, 0.3) is 0 Å². The number of benzene rings is 1. The molecule has 0 radical (unpaired) electrons. The van der Waals surface area contributed by atoms with Crippen LogP contribution in [0.15, 0.2) is 30.3 Å². The average molecular weight is 414 g/mol. The minimum Gasteiger partial charge on any atom is -0.322 e. The number of hydrogen-bond donors (Lipinski definition) is 2. The van der Waals surface area contributed by atoms with Crippen molar-refractivity contribution in [2.75, 3.05) is 32.7 Å². The number of amides is 4. The number of rotatable bonds is 5. The van der Waals surface area contributed by atoms with E-state index in [1.807, 2.05) is 6.07 Å². The maximum absolute atomic E-state index is 12.8. The number of nitrogens with zero attached hydrogens (tertiary/aromatic N) is 3. The van der Waals surface area contributed by atoms with Crippen LogP contribution in [-0.4, -0.2) is 70.9 Å². The molecule has 1 spiro atoms. The van der Waals surface area contributed by atoms with Gasteiger partial charge in [0.2, 0.25) is 0 Å². The number of hydrazine groups is 1. The van der Waals surface area contributed by atoms with Crippen molar-refractivity contribution >= 4 is 17.8 Å². The maximum atomic E-state index is 12.8. The molecule has 0 unspecified atom stereocenters. The number of carbonyl (C=O) groups excluding carboxylic acids is 3. The molecule has 2 saturated heterocycles. The van der Waals surface area contributed by atoms with Gasteiger partial charge < -0.3 is 5.32 Å². The van der Waals surface area contributed by atoms with Crippen LogP contribution in [0.3, 0.4) is 0 Å². The van der Waals surface area contributed by atoms with Crippen molar-refractivity contribution in [2.45, 2.75) is 50.6 Å². The Bertz CT molecular complexity index is 778. The van der Waals surface area contributed by atoms with Crippen molar-refractivity contribution in [2.24, 2.45) is 0 Å². The second-order valence-electron chi connectivity index (χ2n) is 8.64. The van der Waals surface area contributed by atoms with Crippen molar-refractivity contribution in [3.05, 3.63) is 35.9 Å².